The highest BCUT2D eigenvalue weighted by Crippen LogP contribution is 2.27. The summed E-state index contributed by atoms with van der Waals surface area (Å²) >= 11 is 9.26. The molecule has 5 nitrogen and oxygen atoms in total. The van der Waals surface area contributed by atoms with Gasteiger partial charge in [-0.05, 0) is 42.5 Å². The van der Waals surface area contributed by atoms with Crippen LogP contribution in [0.3, 0.4) is 0 Å². The van der Waals surface area contributed by atoms with Crippen LogP contribution in [-0.2, 0) is 14.8 Å². The third-order valence-corrected chi connectivity index (χ3v) is 4.89. The van der Waals surface area contributed by atoms with Gasteiger partial charge in [-0.3, -0.25) is 9.52 Å². The predicted octanol–water partition coefficient (Wildman–Crippen LogP) is 3.86. The number of rotatable bonds is 4. The van der Waals surface area contributed by atoms with Crippen molar-refractivity contribution in [3.8, 4) is 0 Å². The second-order valence-electron chi connectivity index (χ2n) is 4.44. The Kier molecular flexibility index (Phi) is 5.10. The zero-order valence-corrected chi connectivity index (χ0v) is 14.6. The van der Waals surface area contributed by atoms with E-state index in [0.29, 0.717) is 11.4 Å². The fraction of sp³-hybridized carbons (Fsp3) is 0.0714. The van der Waals surface area contributed by atoms with Gasteiger partial charge in [0.15, 0.2) is 0 Å². The molecule has 0 aliphatic carbocycles. The summed E-state index contributed by atoms with van der Waals surface area (Å²) in [4.78, 5) is 11.1. The quantitative estimate of drug-likeness (QED) is 0.814. The number of carbonyl (C=O) groups excluding carboxylic acids is 1. The molecular weight excluding hydrogens is 392 g/mol. The average molecular weight is 404 g/mol. The summed E-state index contributed by atoms with van der Waals surface area (Å²) in [6.07, 6.45) is 0. The van der Waals surface area contributed by atoms with E-state index < -0.39 is 10.0 Å². The minimum atomic E-state index is -3.70. The van der Waals surface area contributed by atoms with Crippen LogP contribution >= 0.6 is 27.5 Å². The van der Waals surface area contributed by atoms with Crippen LogP contribution in [0.15, 0.2) is 51.8 Å². The maximum Gasteiger partial charge on any atom is 0.261 e. The summed E-state index contributed by atoms with van der Waals surface area (Å²) in [7, 11) is -3.70. The molecule has 0 unspecified atom stereocenters. The van der Waals surface area contributed by atoms with Crippen LogP contribution in [0.5, 0.6) is 0 Å². The van der Waals surface area contributed by atoms with Gasteiger partial charge in [-0.1, -0.05) is 27.5 Å². The smallest absolute Gasteiger partial charge is 0.261 e. The van der Waals surface area contributed by atoms with Crippen molar-refractivity contribution in [2.45, 2.75) is 11.8 Å². The highest BCUT2D eigenvalue weighted by atomic mass is 79.9. The van der Waals surface area contributed by atoms with Gasteiger partial charge in [0.05, 0.1) is 21.3 Å². The molecule has 2 aromatic rings. The molecule has 2 N–H and O–H groups in total. The van der Waals surface area contributed by atoms with Gasteiger partial charge in [0.25, 0.3) is 10.0 Å². The van der Waals surface area contributed by atoms with Crippen LogP contribution in [0.2, 0.25) is 5.02 Å². The summed E-state index contributed by atoms with van der Waals surface area (Å²) in [5.41, 5.74) is 0.725. The van der Waals surface area contributed by atoms with Crippen molar-refractivity contribution in [3.63, 3.8) is 0 Å². The molecule has 1 amide bonds. The van der Waals surface area contributed by atoms with E-state index in [-0.39, 0.29) is 15.8 Å². The van der Waals surface area contributed by atoms with Crippen molar-refractivity contribution in [2.24, 2.45) is 0 Å². The molecule has 0 heterocycles. The Balaban J connectivity index is 2.24. The lowest BCUT2D eigenvalue weighted by Gasteiger charge is -2.10. The van der Waals surface area contributed by atoms with Crippen LogP contribution in [-0.4, -0.2) is 14.3 Å². The molecule has 22 heavy (non-hydrogen) atoms. The van der Waals surface area contributed by atoms with Crippen molar-refractivity contribution < 1.29 is 13.2 Å². The first kappa shape index (κ1) is 16.8. The zero-order valence-electron chi connectivity index (χ0n) is 11.4. The summed E-state index contributed by atoms with van der Waals surface area (Å²) in [6, 6.07) is 10.7. The minimum absolute atomic E-state index is 0.137. The summed E-state index contributed by atoms with van der Waals surface area (Å²) in [5.74, 6) is -0.259. The number of hydrogen-bond acceptors (Lipinski definition) is 3. The fourth-order valence-electron chi connectivity index (χ4n) is 1.70. The number of sulfonamides is 1. The Morgan fingerprint density at radius 2 is 1.77 bits per heavy atom. The second kappa shape index (κ2) is 6.68. The monoisotopic (exact) mass is 402 g/mol. The fourth-order valence-corrected chi connectivity index (χ4v) is 3.24. The van der Waals surface area contributed by atoms with Crippen LogP contribution < -0.4 is 10.0 Å². The van der Waals surface area contributed by atoms with Crippen molar-refractivity contribution in [3.05, 3.63) is 52.0 Å². The normalized spacial score (nSPS) is 11.0. The maximum atomic E-state index is 12.2. The molecular formula is C14H12BrClN2O3S. The topological polar surface area (TPSA) is 75.3 Å². The molecule has 0 bridgehead atoms. The number of carbonyl (C=O) groups is 1. The van der Waals surface area contributed by atoms with Crippen LogP contribution in [0.25, 0.3) is 0 Å². The molecule has 0 radical (unpaired) electrons. The lowest BCUT2D eigenvalue weighted by molar-refractivity contribution is -0.114. The highest BCUT2D eigenvalue weighted by Gasteiger charge is 2.14. The minimum Gasteiger partial charge on any atom is -0.325 e. The molecule has 0 atom stereocenters. The van der Waals surface area contributed by atoms with Gasteiger partial charge in [-0.2, -0.15) is 0 Å². The van der Waals surface area contributed by atoms with E-state index in [4.69, 9.17) is 11.6 Å². The van der Waals surface area contributed by atoms with Crippen molar-refractivity contribution in [1.82, 2.24) is 0 Å². The largest absolute Gasteiger partial charge is 0.325 e. The first-order chi connectivity index (χ1) is 10.3. The van der Waals surface area contributed by atoms with E-state index in [9.17, 15) is 13.2 Å². The van der Waals surface area contributed by atoms with Crippen LogP contribution in [0, 0.1) is 0 Å². The first-order valence-corrected chi connectivity index (χ1v) is 8.79. The molecule has 116 valence electrons. The Hall–Kier alpha value is -1.57. The van der Waals surface area contributed by atoms with Gasteiger partial charge in [0.1, 0.15) is 0 Å². The Morgan fingerprint density at radius 1 is 1.14 bits per heavy atom. The van der Waals surface area contributed by atoms with E-state index in [0.717, 1.165) is 4.47 Å². The molecule has 2 rings (SSSR count). The highest BCUT2D eigenvalue weighted by molar-refractivity contribution is 9.10. The third kappa shape index (κ3) is 4.22. The summed E-state index contributed by atoms with van der Waals surface area (Å²) < 4.78 is 27.7. The van der Waals surface area contributed by atoms with Crippen molar-refractivity contribution in [2.75, 3.05) is 10.0 Å². The number of hydrogen-bond donors (Lipinski definition) is 2. The van der Waals surface area contributed by atoms with Gasteiger partial charge < -0.3 is 5.32 Å². The van der Waals surface area contributed by atoms with Gasteiger partial charge in [0.2, 0.25) is 5.91 Å². The molecule has 0 spiro atoms. The number of halogens is 2. The SMILES string of the molecule is CC(=O)Nc1ccc(NS(=O)(=O)c2ccc(Br)cc2)cc1Cl. The Morgan fingerprint density at radius 3 is 2.32 bits per heavy atom. The number of benzene rings is 2. The van der Waals surface area contributed by atoms with Gasteiger partial charge in [-0.25, -0.2) is 8.42 Å². The van der Waals surface area contributed by atoms with Gasteiger partial charge in [0, 0.05) is 11.4 Å². The molecule has 0 aliphatic rings. The van der Waals surface area contributed by atoms with E-state index in [1.807, 2.05) is 0 Å². The molecule has 0 saturated heterocycles. The number of anilines is 2. The second-order valence-corrected chi connectivity index (χ2v) is 7.44. The van der Waals surface area contributed by atoms with E-state index in [1.165, 1.54) is 37.3 Å². The Bertz CT molecular complexity index is 807. The molecule has 0 aromatic heterocycles. The maximum absolute atomic E-state index is 12.2. The summed E-state index contributed by atoms with van der Waals surface area (Å²) in [6.45, 7) is 1.36. The average Bonchev–Trinajstić information content (AvgIpc) is 2.41. The van der Waals surface area contributed by atoms with E-state index >= 15 is 0 Å². The van der Waals surface area contributed by atoms with E-state index in [2.05, 4.69) is 26.0 Å². The van der Waals surface area contributed by atoms with Gasteiger partial charge >= 0.3 is 0 Å². The number of amides is 1. The van der Waals surface area contributed by atoms with Crippen molar-refractivity contribution >= 4 is 54.8 Å². The van der Waals surface area contributed by atoms with Gasteiger partial charge in [-0.15, -0.1) is 0 Å². The Labute approximate surface area is 141 Å². The van der Waals surface area contributed by atoms with E-state index in [1.54, 1.807) is 12.1 Å². The summed E-state index contributed by atoms with van der Waals surface area (Å²) in [5, 5.41) is 2.79. The predicted molar refractivity (Wildman–Crippen MR) is 90.7 cm³/mol. The standard InChI is InChI=1S/C14H12BrClN2O3S/c1-9(19)17-14-7-4-11(8-13(14)16)18-22(20,21)12-5-2-10(15)3-6-12/h2-8,18H,1H3,(H,17,19). The molecule has 0 saturated carbocycles. The lowest BCUT2D eigenvalue weighted by atomic mass is 10.3. The van der Waals surface area contributed by atoms with Crippen molar-refractivity contribution in [1.29, 1.82) is 0 Å². The lowest BCUT2D eigenvalue weighted by Crippen LogP contribution is -2.13. The zero-order chi connectivity index (χ0) is 16.3. The van der Waals surface area contributed by atoms with Crippen LogP contribution in [0.1, 0.15) is 6.92 Å². The molecule has 0 aliphatic heterocycles. The first-order valence-electron chi connectivity index (χ1n) is 6.13. The molecule has 2 aromatic carbocycles. The third-order valence-electron chi connectivity index (χ3n) is 2.66. The molecule has 8 heteroatoms. The molecule has 0 fully saturated rings. The number of nitrogens with one attached hydrogen (secondary N) is 2. The van der Waals surface area contributed by atoms with Crippen LogP contribution in [0.4, 0.5) is 11.4 Å².